The van der Waals surface area contributed by atoms with Crippen LogP contribution in [-0.4, -0.2) is 41.9 Å². The van der Waals surface area contributed by atoms with Crippen molar-refractivity contribution in [2.75, 3.05) is 32.2 Å². The number of fused-ring (bicyclic) bond motifs is 1. The number of aromatic nitrogens is 3. The average Bonchev–Trinajstić information content (AvgIpc) is 3.10. The SMILES string of the molecule is COc1cc(OC)cc(-c2cc3nc(C)cc(N4C[C@@H](C)C[C@H](C)C4)n3n2)c1. The molecule has 3 aromatic rings. The van der Waals surface area contributed by atoms with Crippen molar-refractivity contribution in [2.45, 2.75) is 27.2 Å². The van der Waals surface area contributed by atoms with E-state index in [2.05, 4.69) is 24.8 Å². The van der Waals surface area contributed by atoms with Gasteiger partial charge >= 0.3 is 0 Å². The molecule has 2 atom stereocenters. The number of hydrogen-bond acceptors (Lipinski definition) is 5. The lowest BCUT2D eigenvalue weighted by Gasteiger charge is -2.36. The number of piperidine rings is 1. The van der Waals surface area contributed by atoms with Crippen molar-refractivity contribution >= 4 is 11.5 Å². The Bertz CT molecular complexity index is 965. The first-order valence-electron chi connectivity index (χ1n) is 9.82. The molecule has 0 spiro atoms. The van der Waals surface area contributed by atoms with E-state index in [0.29, 0.717) is 11.8 Å². The molecule has 6 nitrogen and oxygen atoms in total. The van der Waals surface area contributed by atoms with Crippen LogP contribution in [0.4, 0.5) is 5.82 Å². The molecule has 148 valence electrons. The molecule has 1 aromatic carbocycles. The van der Waals surface area contributed by atoms with E-state index in [1.165, 1.54) is 6.42 Å². The smallest absolute Gasteiger partial charge is 0.158 e. The molecule has 2 aromatic heterocycles. The summed E-state index contributed by atoms with van der Waals surface area (Å²) in [5, 5.41) is 4.90. The van der Waals surface area contributed by atoms with Crippen LogP contribution in [0.3, 0.4) is 0 Å². The molecule has 0 aliphatic carbocycles. The Morgan fingerprint density at radius 3 is 2.18 bits per heavy atom. The zero-order chi connectivity index (χ0) is 19.8. The number of hydrogen-bond donors (Lipinski definition) is 0. The van der Waals surface area contributed by atoms with Gasteiger partial charge in [0.1, 0.15) is 17.3 Å². The number of aryl methyl sites for hydroxylation is 1. The third-order valence-electron chi connectivity index (χ3n) is 5.38. The van der Waals surface area contributed by atoms with E-state index in [9.17, 15) is 0 Å². The topological polar surface area (TPSA) is 51.9 Å². The van der Waals surface area contributed by atoms with Crippen LogP contribution in [0, 0.1) is 18.8 Å². The second-order valence-electron chi connectivity index (χ2n) is 8.01. The fourth-order valence-electron chi connectivity index (χ4n) is 4.25. The Morgan fingerprint density at radius 2 is 1.57 bits per heavy atom. The standard InChI is InChI=1S/C22H28N4O2/c1-14-6-15(2)13-25(12-14)22-7-16(3)23-21-11-20(24-26(21)22)17-8-18(27-4)10-19(9-17)28-5/h7-11,14-15H,6,12-13H2,1-5H3/t14-,15-/m0/s1. The quantitative estimate of drug-likeness (QED) is 0.679. The van der Waals surface area contributed by atoms with Crippen molar-refractivity contribution in [3.8, 4) is 22.8 Å². The fourth-order valence-corrected chi connectivity index (χ4v) is 4.25. The molecule has 1 aliphatic rings. The van der Waals surface area contributed by atoms with Crippen molar-refractivity contribution in [1.82, 2.24) is 14.6 Å². The van der Waals surface area contributed by atoms with Gasteiger partial charge in [-0.1, -0.05) is 13.8 Å². The van der Waals surface area contributed by atoms with Gasteiger partial charge in [0.15, 0.2) is 5.65 Å². The minimum absolute atomic E-state index is 0.671. The van der Waals surface area contributed by atoms with Crippen LogP contribution in [0.2, 0.25) is 0 Å². The third kappa shape index (κ3) is 3.51. The zero-order valence-electron chi connectivity index (χ0n) is 17.3. The van der Waals surface area contributed by atoms with Gasteiger partial charge in [0, 0.05) is 42.5 Å². The molecular formula is C22H28N4O2. The van der Waals surface area contributed by atoms with Crippen LogP contribution in [0.5, 0.6) is 11.5 Å². The lowest BCUT2D eigenvalue weighted by atomic mass is 9.92. The average molecular weight is 380 g/mol. The number of rotatable bonds is 4. The molecule has 0 radical (unpaired) electrons. The van der Waals surface area contributed by atoms with Gasteiger partial charge in [0.25, 0.3) is 0 Å². The summed E-state index contributed by atoms with van der Waals surface area (Å²) in [6, 6.07) is 9.98. The highest BCUT2D eigenvalue weighted by molar-refractivity contribution is 5.69. The lowest BCUT2D eigenvalue weighted by Crippen LogP contribution is -2.39. The summed E-state index contributed by atoms with van der Waals surface area (Å²) in [5.41, 5.74) is 3.67. The van der Waals surface area contributed by atoms with E-state index in [0.717, 1.165) is 53.0 Å². The number of anilines is 1. The number of benzene rings is 1. The van der Waals surface area contributed by atoms with Crippen LogP contribution in [0.25, 0.3) is 16.9 Å². The van der Waals surface area contributed by atoms with Crippen molar-refractivity contribution in [3.63, 3.8) is 0 Å². The Hall–Kier alpha value is -2.76. The highest BCUT2D eigenvalue weighted by Gasteiger charge is 2.24. The second-order valence-corrected chi connectivity index (χ2v) is 8.01. The minimum atomic E-state index is 0.671. The first-order chi connectivity index (χ1) is 13.5. The maximum Gasteiger partial charge on any atom is 0.158 e. The van der Waals surface area contributed by atoms with Crippen LogP contribution in [-0.2, 0) is 0 Å². The number of methoxy groups -OCH3 is 2. The molecule has 28 heavy (non-hydrogen) atoms. The Morgan fingerprint density at radius 1 is 0.929 bits per heavy atom. The molecule has 1 saturated heterocycles. The first-order valence-corrected chi connectivity index (χ1v) is 9.82. The molecule has 0 amide bonds. The summed E-state index contributed by atoms with van der Waals surface area (Å²) >= 11 is 0. The Labute approximate surface area is 166 Å². The molecule has 0 unspecified atom stereocenters. The van der Waals surface area contributed by atoms with Crippen LogP contribution in [0.15, 0.2) is 30.3 Å². The lowest BCUT2D eigenvalue weighted by molar-refractivity contribution is 0.354. The summed E-state index contributed by atoms with van der Waals surface area (Å²) in [4.78, 5) is 7.16. The third-order valence-corrected chi connectivity index (χ3v) is 5.38. The molecular weight excluding hydrogens is 352 g/mol. The van der Waals surface area contributed by atoms with Crippen molar-refractivity contribution < 1.29 is 9.47 Å². The van der Waals surface area contributed by atoms with Crippen molar-refractivity contribution in [1.29, 1.82) is 0 Å². The van der Waals surface area contributed by atoms with Crippen molar-refractivity contribution in [2.24, 2.45) is 11.8 Å². The van der Waals surface area contributed by atoms with E-state index >= 15 is 0 Å². The highest BCUT2D eigenvalue weighted by atomic mass is 16.5. The van der Waals surface area contributed by atoms with Gasteiger partial charge in [0.2, 0.25) is 0 Å². The van der Waals surface area contributed by atoms with E-state index in [-0.39, 0.29) is 0 Å². The molecule has 1 fully saturated rings. The minimum Gasteiger partial charge on any atom is -0.497 e. The van der Waals surface area contributed by atoms with Gasteiger partial charge in [0.05, 0.1) is 19.9 Å². The summed E-state index contributed by atoms with van der Waals surface area (Å²) in [7, 11) is 3.31. The highest BCUT2D eigenvalue weighted by Crippen LogP contribution is 2.32. The van der Waals surface area contributed by atoms with Crippen molar-refractivity contribution in [3.05, 3.63) is 36.0 Å². The molecule has 4 rings (SSSR count). The summed E-state index contributed by atoms with van der Waals surface area (Å²) in [6.07, 6.45) is 1.28. The first kappa shape index (κ1) is 18.6. The Kier molecular flexibility index (Phi) is 4.87. The second kappa shape index (κ2) is 7.34. The molecule has 3 heterocycles. The summed E-state index contributed by atoms with van der Waals surface area (Å²) in [5.74, 6) is 3.95. The van der Waals surface area contributed by atoms with E-state index in [4.69, 9.17) is 19.6 Å². The normalized spacial score (nSPS) is 19.8. The van der Waals surface area contributed by atoms with Gasteiger partial charge in [-0.25, -0.2) is 4.98 Å². The summed E-state index contributed by atoms with van der Waals surface area (Å²) < 4.78 is 12.8. The molecule has 1 aliphatic heterocycles. The van der Waals surface area contributed by atoms with Crippen LogP contribution >= 0.6 is 0 Å². The molecule has 6 heteroatoms. The maximum absolute atomic E-state index is 5.42. The van der Waals surface area contributed by atoms with E-state index < -0.39 is 0 Å². The molecule has 0 bridgehead atoms. The maximum atomic E-state index is 5.42. The van der Waals surface area contributed by atoms with Crippen LogP contribution in [0.1, 0.15) is 26.0 Å². The molecule has 0 N–H and O–H groups in total. The predicted molar refractivity (Wildman–Crippen MR) is 111 cm³/mol. The Balaban J connectivity index is 1.81. The summed E-state index contributed by atoms with van der Waals surface area (Å²) in [6.45, 7) is 8.79. The van der Waals surface area contributed by atoms with Gasteiger partial charge in [-0.3, -0.25) is 0 Å². The fraction of sp³-hybridized carbons (Fsp3) is 0.455. The van der Waals surface area contributed by atoms with Gasteiger partial charge < -0.3 is 14.4 Å². The largest absolute Gasteiger partial charge is 0.497 e. The molecule has 0 saturated carbocycles. The van der Waals surface area contributed by atoms with Gasteiger partial charge in [-0.15, -0.1) is 0 Å². The van der Waals surface area contributed by atoms with Gasteiger partial charge in [-0.05, 0) is 37.3 Å². The number of nitrogens with zero attached hydrogens (tertiary/aromatic N) is 4. The van der Waals surface area contributed by atoms with Crippen LogP contribution < -0.4 is 14.4 Å². The van der Waals surface area contributed by atoms with E-state index in [1.54, 1.807) is 14.2 Å². The zero-order valence-corrected chi connectivity index (χ0v) is 17.3. The monoisotopic (exact) mass is 380 g/mol. The number of ether oxygens (including phenoxy) is 2. The predicted octanol–water partition coefficient (Wildman–Crippen LogP) is 4.20. The van der Waals surface area contributed by atoms with E-state index in [1.807, 2.05) is 35.7 Å². The van der Waals surface area contributed by atoms with Gasteiger partial charge in [-0.2, -0.15) is 9.61 Å².